The van der Waals surface area contributed by atoms with E-state index in [2.05, 4.69) is 26.8 Å². The van der Waals surface area contributed by atoms with Crippen molar-refractivity contribution in [2.75, 3.05) is 0 Å². The first-order chi connectivity index (χ1) is 7.12. The zero-order valence-electron chi connectivity index (χ0n) is 10.6. The monoisotopic (exact) mass is 207 g/mol. The predicted octanol–water partition coefficient (Wildman–Crippen LogP) is 4.53. The van der Waals surface area contributed by atoms with Gasteiger partial charge in [-0.15, -0.1) is 0 Å². The van der Waals surface area contributed by atoms with Gasteiger partial charge in [0.2, 0.25) is 0 Å². The van der Waals surface area contributed by atoms with E-state index in [1.54, 1.807) is 0 Å². The Hall–Kier alpha value is -0.510. The van der Waals surface area contributed by atoms with Crippen LogP contribution in [0.15, 0.2) is 0 Å². The highest BCUT2D eigenvalue weighted by Gasteiger charge is 2.35. The molecule has 0 spiro atoms. The van der Waals surface area contributed by atoms with Crippen LogP contribution in [0.25, 0.3) is 0 Å². The second-order valence-electron chi connectivity index (χ2n) is 5.70. The molecule has 86 valence electrons. The first kappa shape index (κ1) is 12.6. The van der Waals surface area contributed by atoms with Gasteiger partial charge in [-0.3, -0.25) is 0 Å². The molecule has 1 aliphatic rings. The van der Waals surface area contributed by atoms with Crippen LogP contribution in [0, 0.1) is 28.6 Å². The molecule has 1 nitrogen and oxygen atoms in total. The molecule has 0 N–H and O–H groups in total. The molecule has 0 amide bonds. The van der Waals surface area contributed by atoms with Crippen LogP contribution in [0.4, 0.5) is 0 Å². The minimum atomic E-state index is 0.0309. The second-order valence-corrected chi connectivity index (χ2v) is 5.70. The molecule has 0 heterocycles. The molecule has 0 aromatic rings. The lowest BCUT2D eigenvalue weighted by Crippen LogP contribution is -2.27. The van der Waals surface area contributed by atoms with Crippen molar-refractivity contribution in [1.82, 2.24) is 0 Å². The number of rotatable bonds is 4. The molecule has 0 radical (unpaired) electrons. The van der Waals surface area contributed by atoms with Crippen LogP contribution in [-0.4, -0.2) is 0 Å². The van der Waals surface area contributed by atoms with Gasteiger partial charge in [0.15, 0.2) is 0 Å². The van der Waals surface area contributed by atoms with E-state index in [1.165, 1.54) is 25.7 Å². The SMILES string of the molecule is CCC1CCCC(C#N)(CCC(C)C)C1. The Balaban J connectivity index is 2.55. The van der Waals surface area contributed by atoms with Crippen molar-refractivity contribution < 1.29 is 0 Å². The molecule has 1 fully saturated rings. The summed E-state index contributed by atoms with van der Waals surface area (Å²) in [7, 11) is 0. The van der Waals surface area contributed by atoms with Gasteiger partial charge in [-0.05, 0) is 37.5 Å². The summed E-state index contributed by atoms with van der Waals surface area (Å²) in [5.74, 6) is 1.54. The fourth-order valence-corrected chi connectivity index (χ4v) is 2.78. The molecular formula is C14H25N. The van der Waals surface area contributed by atoms with E-state index in [0.29, 0.717) is 0 Å². The van der Waals surface area contributed by atoms with Crippen LogP contribution in [0.5, 0.6) is 0 Å². The largest absolute Gasteiger partial charge is 0.198 e. The summed E-state index contributed by atoms with van der Waals surface area (Å²) in [6.07, 6.45) is 8.51. The molecule has 0 aliphatic heterocycles. The second kappa shape index (κ2) is 5.54. The third-order valence-corrected chi connectivity index (χ3v) is 3.96. The Bertz CT molecular complexity index is 226. The lowest BCUT2D eigenvalue weighted by atomic mass is 9.67. The summed E-state index contributed by atoms with van der Waals surface area (Å²) in [5, 5.41) is 9.42. The normalized spacial score (nSPS) is 31.5. The van der Waals surface area contributed by atoms with Crippen molar-refractivity contribution in [3.8, 4) is 6.07 Å². The highest BCUT2D eigenvalue weighted by molar-refractivity contribution is 5.01. The van der Waals surface area contributed by atoms with Crippen LogP contribution in [-0.2, 0) is 0 Å². The lowest BCUT2D eigenvalue weighted by molar-refractivity contribution is 0.174. The topological polar surface area (TPSA) is 23.8 Å². The van der Waals surface area contributed by atoms with Gasteiger partial charge >= 0.3 is 0 Å². The highest BCUT2D eigenvalue weighted by Crippen LogP contribution is 2.43. The van der Waals surface area contributed by atoms with Crippen LogP contribution in [0.2, 0.25) is 0 Å². The Labute approximate surface area is 94.9 Å². The summed E-state index contributed by atoms with van der Waals surface area (Å²) >= 11 is 0. The fourth-order valence-electron chi connectivity index (χ4n) is 2.78. The van der Waals surface area contributed by atoms with Gasteiger partial charge in [-0.25, -0.2) is 0 Å². The number of hydrogen-bond acceptors (Lipinski definition) is 1. The van der Waals surface area contributed by atoms with Crippen molar-refractivity contribution >= 4 is 0 Å². The Morgan fingerprint density at radius 3 is 2.73 bits per heavy atom. The molecule has 0 saturated heterocycles. The van der Waals surface area contributed by atoms with Crippen molar-refractivity contribution in [3.63, 3.8) is 0 Å². The molecular weight excluding hydrogens is 182 g/mol. The van der Waals surface area contributed by atoms with E-state index < -0.39 is 0 Å². The molecule has 0 aromatic heterocycles. The molecule has 0 aromatic carbocycles. The molecule has 1 heteroatoms. The third kappa shape index (κ3) is 3.52. The maximum absolute atomic E-state index is 9.42. The smallest absolute Gasteiger partial charge is 0.0689 e. The summed E-state index contributed by atoms with van der Waals surface area (Å²) in [4.78, 5) is 0. The average Bonchev–Trinajstić information content (AvgIpc) is 2.26. The van der Waals surface area contributed by atoms with Gasteiger partial charge in [0, 0.05) is 0 Å². The molecule has 1 aliphatic carbocycles. The van der Waals surface area contributed by atoms with Crippen molar-refractivity contribution in [2.45, 2.75) is 65.7 Å². The van der Waals surface area contributed by atoms with Crippen LogP contribution in [0.3, 0.4) is 0 Å². The fraction of sp³-hybridized carbons (Fsp3) is 0.929. The van der Waals surface area contributed by atoms with Crippen molar-refractivity contribution in [1.29, 1.82) is 5.26 Å². The third-order valence-electron chi connectivity index (χ3n) is 3.96. The maximum Gasteiger partial charge on any atom is 0.0689 e. The highest BCUT2D eigenvalue weighted by atomic mass is 14.4. The Kier molecular flexibility index (Phi) is 4.64. The van der Waals surface area contributed by atoms with E-state index in [1.807, 2.05) is 0 Å². The molecule has 1 rings (SSSR count). The molecule has 0 bridgehead atoms. The molecule has 2 unspecified atom stereocenters. The minimum Gasteiger partial charge on any atom is -0.198 e. The van der Waals surface area contributed by atoms with E-state index in [4.69, 9.17) is 0 Å². The van der Waals surface area contributed by atoms with E-state index in [-0.39, 0.29) is 5.41 Å². The summed E-state index contributed by atoms with van der Waals surface area (Å²) in [6, 6.07) is 2.64. The lowest BCUT2D eigenvalue weighted by Gasteiger charge is -2.36. The Morgan fingerprint density at radius 2 is 2.20 bits per heavy atom. The first-order valence-electron chi connectivity index (χ1n) is 6.53. The van der Waals surface area contributed by atoms with E-state index in [0.717, 1.165) is 31.1 Å². The molecule has 2 atom stereocenters. The van der Waals surface area contributed by atoms with Crippen molar-refractivity contribution in [2.24, 2.45) is 17.3 Å². The predicted molar refractivity (Wildman–Crippen MR) is 64.4 cm³/mol. The van der Waals surface area contributed by atoms with Crippen molar-refractivity contribution in [3.05, 3.63) is 0 Å². The van der Waals surface area contributed by atoms with E-state index in [9.17, 15) is 5.26 Å². The summed E-state index contributed by atoms with van der Waals surface area (Å²) in [5.41, 5.74) is 0.0309. The number of nitriles is 1. The van der Waals surface area contributed by atoms with Gasteiger partial charge in [-0.2, -0.15) is 5.26 Å². The van der Waals surface area contributed by atoms with E-state index >= 15 is 0 Å². The number of nitrogens with zero attached hydrogens (tertiary/aromatic N) is 1. The maximum atomic E-state index is 9.42. The quantitative estimate of drug-likeness (QED) is 0.664. The van der Waals surface area contributed by atoms with Crippen LogP contribution in [0.1, 0.15) is 65.7 Å². The Morgan fingerprint density at radius 1 is 1.47 bits per heavy atom. The standard InChI is InChI=1S/C14H25N/c1-4-13-6-5-8-14(10-13,11-15)9-7-12(2)3/h12-13H,4-10H2,1-3H3. The van der Waals surface area contributed by atoms with Crippen LogP contribution >= 0.6 is 0 Å². The summed E-state index contributed by atoms with van der Waals surface area (Å²) < 4.78 is 0. The molecule has 15 heavy (non-hydrogen) atoms. The van der Waals surface area contributed by atoms with Gasteiger partial charge in [0.05, 0.1) is 11.5 Å². The van der Waals surface area contributed by atoms with Gasteiger partial charge < -0.3 is 0 Å². The zero-order chi connectivity index (χ0) is 11.3. The average molecular weight is 207 g/mol. The van der Waals surface area contributed by atoms with Gasteiger partial charge in [0.25, 0.3) is 0 Å². The first-order valence-corrected chi connectivity index (χ1v) is 6.53. The molecule has 1 saturated carbocycles. The van der Waals surface area contributed by atoms with Gasteiger partial charge in [0.1, 0.15) is 0 Å². The zero-order valence-corrected chi connectivity index (χ0v) is 10.6. The number of hydrogen-bond donors (Lipinski definition) is 0. The minimum absolute atomic E-state index is 0.0309. The summed E-state index contributed by atoms with van der Waals surface area (Å²) in [6.45, 7) is 6.77. The van der Waals surface area contributed by atoms with Gasteiger partial charge in [-0.1, -0.05) is 40.0 Å². The van der Waals surface area contributed by atoms with Crippen LogP contribution < -0.4 is 0 Å².